The van der Waals surface area contributed by atoms with Crippen LogP contribution in [0.5, 0.6) is 0 Å². The molecule has 0 spiro atoms. The monoisotopic (exact) mass is 314 g/mol. The van der Waals surface area contributed by atoms with Gasteiger partial charge in [-0.1, -0.05) is 6.07 Å². The van der Waals surface area contributed by atoms with Crippen LogP contribution in [0.3, 0.4) is 0 Å². The van der Waals surface area contributed by atoms with Crippen molar-refractivity contribution in [3.8, 4) is 0 Å². The van der Waals surface area contributed by atoms with Crippen molar-refractivity contribution >= 4 is 34.3 Å². The summed E-state index contributed by atoms with van der Waals surface area (Å²) in [5.74, 6) is -1.58. The molecular formula is C16H14N2O3S. The summed E-state index contributed by atoms with van der Waals surface area (Å²) in [6.07, 6.45) is 3.69. The normalized spacial score (nSPS) is 12.6. The number of carboxylic acids is 1. The fourth-order valence-electron chi connectivity index (χ4n) is 2.34. The van der Waals surface area contributed by atoms with Gasteiger partial charge < -0.3 is 5.11 Å². The van der Waals surface area contributed by atoms with E-state index in [1.165, 1.54) is 4.40 Å². The van der Waals surface area contributed by atoms with Crippen LogP contribution in [0.1, 0.15) is 18.4 Å². The number of fused-ring (bicyclic) bond motifs is 2. The van der Waals surface area contributed by atoms with Crippen LogP contribution in [-0.4, -0.2) is 26.7 Å². The van der Waals surface area contributed by atoms with Crippen LogP contribution in [0.25, 0.3) is 16.6 Å². The van der Waals surface area contributed by atoms with Gasteiger partial charge >= 0.3 is 5.97 Å². The number of benzene rings is 1. The van der Waals surface area contributed by atoms with Crippen LogP contribution in [0.15, 0.2) is 46.2 Å². The SMILES string of the molecule is CSc1ccc2nc3ccc(C(C)C(=O)O)cc3c(=O)n2c1. The summed E-state index contributed by atoms with van der Waals surface area (Å²) in [6.45, 7) is 1.60. The predicted octanol–water partition coefficient (Wildman–Crippen LogP) is 2.76. The number of rotatable bonds is 3. The average molecular weight is 314 g/mol. The zero-order chi connectivity index (χ0) is 15.9. The zero-order valence-corrected chi connectivity index (χ0v) is 12.9. The second-order valence-corrected chi connectivity index (χ2v) is 5.93. The molecule has 3 aromatic rings. The molecule has 0 saturated carbocycles. The highest BCUT2D eigenvalue weighted by molar-refractivity contribution is 7.98. The number of nitrogens with zero attached hydrogens (tertiary/aromatic N) is 2. The molecular weight excluding hydrogens is 300 g/mol. The van der Waals surface area contributed by atoms with Gasteiger partial charge in [0.25, 0.3) is 5.56 Å². The molecule has 2 heterocycles. The first-order valence-electron chi connectivity index (χ1n) is 6.74. The second kappa shape index (κ2) is 5.46. The van der Waals surface area contributed by atoms with E-state index in [0.717, 1.165) is 4.90 Å². The van der Waals surface area contributed by atoms with Gasteiger partial charge in [0.1, 0.15) is 5.65 Å². The summed E-state index contributed by atoms with van der Waals surface area (Å²) in [5, 5.41) is 9.55. The molecule has 0 fully saturated rings. The van der Waals surface area contributed by atoms with Crippen LogP contribution in [0, 0.1) is 0 Å². The highest BCUT2D eigenvalue weighted by atomic mass is 32.2. The maximum Gasteiger partial charge on any atom is 0.310 e. The van der Waals surface area contributed by atoms with Gasteiger partial charge in [-0.2, -0.15) is 0 Å². The third-order valence-electron chi connectivity index (χ3n) is 3.71. The van der Waals surface area contributed by atoms with E-state index < -0.39 is 11.9 Å². The Balaban J connectivity index is 2.31. The van der Waals surface area contributed by atoms with Crippen LogP contribution < -0.4 is 5.56 Å². The Labute approximate surface area is 130 Å². The molecule has 22 heavy (non-hydrogen) atoms. The first-order valence-corrected chi connectivity index (χ1v) is 7.96. The summed E-state index contributed by atoms with van der Waals surface area (Å²) in [4.78, 5) is 29.2. The third kappa shape index (κ3) is 2.35. The van der Waals surface area contributed by atoms with Crippen LogP contribution in [0.2, 0.25) is 0 Å². The Morgan fingerprint density at radius 1 is 1.32 bits per heavy atom. The van der Waals surface area contributed by atoms with E-state index >= 15 is 0 Å². The number of hydrogen-bond donors (Lipinski definition) is 1. The fraction of sp³-hybridized carbons (Fsp3) is 0.188. The second-order valence-electron chi connectivity index (χ2n) is 5.05. The van der Waals surface area contributed by atoms with E-state index in [1.54, 1.807) is 49.1 Å². The minimum atomic E-state index is -0.919. The van der Waals surface area contributed by atoms with Gasteiger partial charge in [0.2, 0.25) is 0 Å². The van der Waals surface area contributed by atoms with Crippen LogP contribution in [-0.2, 0) is 4.79 Å². The quantitative estimate of drug-likeness (QED) is 0.594. The van der Waals surface area contributed by atoms with Crippen molar-refractivity contribution in [1.29, 1.82) is 0 Å². The Morgan fingerprint density at radius 2 is 2.09 bits per heavy atom. The van der Waals surface area contributed by atoms with Crippen molar-refractivity contribution in [3.05, 3.63) is 52.4 Å². The van der Waals surface area contributed by atoms with Gasteiger partial charge in [-0.05, 0) is 43.0 Å². The summed E-state index contributed by atoms with van der Waals surface area (Å²) in [7, 11) is 0. The van der Waals surface area contributed by atoms with Gasteiger partial charge in [-0.3, -0.25) is 14.0 Å². The molecule has 0 aliphatic carbocycles. The van der Waals surface area contributed by atoms with Crippen molar-refractivity contribution in [2.45, 2.75) is 17.7 Å². The third-order valence-corrected chi connectivity index (χ3v) is 4.42. The summed E-state index contributed by atoms with van der Waals surface area (Å²) < 4.78 is 1.50. The summed E-state index contributed by atoms with van der Waals surface area (Å²) >= 11 is 1.54. The Hall–Kier alpha value is -2.34. The van der Waals surface area contributed by atoms with E-state index in [0.29, 0.717) is 22.1 Å². The molecule has 1 N–H and O–H groups in total. The van der Waals surface area contributed by atoms with E-state index in [2.05, 4.69) is 4.98 Å². The zero-order valence-electron chi connectivity index (χ0n) is 12.1. The van der Waals surface area contributed by atoms with Crippen molar-refractivity contribution in [2.24, 2.45) is 0 Å². The van der Waals surface area contributed by atoms with E-state index in [-0.39, 0.29) is 5.56 Å². The highest BCUT2D eigenvalue weighted by Crippen LogP contribution is 2.20. The van der Waals surface area contributed by atoms with E-state index in [9.17, 15) is 9.59 Å². The Kier molecular flexibility index (Phi) is 3.62. The lowest BCUT2D eigenvalue weighted by atomic mass is 10.00. The number of aromatic nitrogens is 2. The Bertz CT molecular complexity index is 949. The molecule has 112 valence electrons. The van der Waals surface area contributed by atoms with Crippen molar-refractivity contribution < 1.29 is 9.90 Å². The molecule has 1 atom stereocenters. The molecule has 5 nitrogen and oxygen atoms in total. The molecule has 0 bridgehead atoms. The van der Waals surface area contributed by atoms with Crippen molar-refractivity contribution in [2.75, 3.05) is 6.26 Å². The number of pyridine rings is 1. The van der Waals surface area contributed by atoms with Gasteiger partial charge in [0, 0.05) is 11.1 Å². The predicted molar refractivity (Wildman–Crippen MR) is 86.8 cm³/mol. The first kappa shape index (κ1) is 14.6. The Morgan fingerprint density at radius 3 is 2.77 bits per heavy atom. The molecule has 0 aliphatic heterocycles. The van der Waals surface area contributed by atoms with Crippen LogP contribution >= 0.6 is 11.8 Å². The number of carboxylic acid groups (broad SMARTS) is 1. The maximum atomic E-state index is 12.7. The molecule has 3 rings (SSSR count). The lowest BCUT2D eigenvalue weighted by molar-refractivity contribution is -0.138. The molecule has 0 radical (unpaired) electrons. The molecule has 0 saturated heterocycles. The molecule has 1 aromatic carbocycles. The lowest BCUT2D eigenvalue weighted by Gasteiger charge is -2.09. The van der Waals surface area contributed by atoms with E-state index in [4.69, 9.17) is 5.11 Å². The summed E-state index contributed by atoms with van der Waals surface area (Å²) in [5.41, 5.74) is 1.56. The maximum absolute atomic E-state index is 12.7. The standard InChI is InChI=1S/C16H14N2O3S/c1-9(16(20)21)10-3-5-13-12(7-10)15(19)18-8-11(22-2)4-6-14(18)17-13/h3-9H,1-2H3,(H,20,21). The van der Waals surface area contributed by atoms with E-state index in [1.807, 2.05) is 12.3 Å². The van der Waals surface area contributed by atoms with Crippen molar-refractivity contribution in [1.82, 2.24) is 9.38 Å². The average Bonchev–Trinajstić information content (AvgIpc) is 2.53. The molecule has 0 amide bonds. The summed E-state index contributed by atoms with van der Waals surface area (Å²) in [6, 6.07) is 8.76. The number of aliphatic carboxylic acids is 1. The van der Waals surface area contributed by atoms with Gasteiger partial charge in [-0.25, -0.2) is 4.98 Å². The number of carbonyl (C=O) groups is 1. The van der Waals surface area contributed by atoms with Gasteiger partial charge in [0.05, 0.1) is 16.8 Å². The largest absolute Gasteiger partial charge is 0.481 e. The highest BCUT2D eigenvalue weighted by Gasteiger charge is 2.15. The van der Waals surface area contributed by atoms with Crippen molar-refractivity contribution in [3.63, 3.8) is 0 Å². The van der Waals surface area contributed by atoms with Gasteiger partial charge in [-0.15, -0.1) is 11.8 Å². The minimum Gasteiger partial charge on any atom is -0.481 e. The first-order chi connectivity index (χ1) is 10.5. The van der Waals surface area contributed by atoms with Crippen LogP contribution in [0.4, 0.5) is 0 Å². The topological polar surface area (TPSA) is 71.7 Å². The molecule has 6 heteroatoms. The number of hydrogen-bond acceptors (Lipinski definition) is 4. The van der Waals surface area contributed by atoms with Gasteiger partial charge in [0.15, 0.2) is 0 Å². The smallest absolute Gasteiger partial charge is 0.310 e. The number of thioether (sulfide) groups is 1. The molecule has 2 aromatic heterocycles. The fourth-order valence-corrected chi connectivity index (χ4v) is 2.75. The molecule has 0 aliphatic rings. The minimum absolute atomic E-state index is 0.185. The molecule has 1 unspecified atom stereocenters. The lowest BCUT2D eigenvalue weighted by Crippen LogP contribution is -2.16.